The highest BCUT2D eigenvalue weighted by Crippen LogP contribution is 2.24. The van der Waals surface area contributed by atoms with E-state index >= 15 is 0 Å². The van der Waals surface area contributed by atoms with Crippen molar-refractivity contribution in [2.45, 2.75) is 6.92 Å². The van der Waals surface area contributed by atoms with Crippen LogP contribution in [0.3, 0.4) is 0 Å². The van der Waals surface area contributed by atoms with Crippen LogP contribution in [-0.4, -0.2) is 29.1 Å². The van der Waals surface area contributed by atoms with Crippen molar-refractivity contribution in [3.8, 4) is 0 Å². The van der Waals surface area contributed by atoms with E-state index in [9.17, 15) is 9.90 Å². The normalized spacial score (nSPS) is 10.3. The van der Waals surface area contributed by atoms with Crippen molar-refractivity contribution < 1.29 is 9.90 Å². The van der Waals surface area contributed by atoms with Gasteiger partial charge >= 0.3 is 0 Å². The average molecular weight is 271 g/mol. The molecule has 0 aliphatic rings. The first-order chi connectivity index (χ1) is 9.63. The monoisotopic (exact) mass is 271 g/mol. The van der Waals surface area contributed by atoms with Crippen LogP contribution in [0.4, 0.5) is 11.4 Å². The molecule has 0 bridgehead atoms. The molecule has 0 saturated carbocycles. The third-order valence-corrected chi connectivity index (χ3v) is 2.92. The Labute approximate surface area is 117 Å². The number of carbonyl (C=O) groups excluding carboxylic acids is 1. The zero-order valence-corrected chi connectivity index (χ0v) is 11.3. The second kappa shape index (κ2) is 6.16. The maximum absolute atomic E-state index is 12.6. The van der Waals surface area contributed by atoms with E-state index in [1.807, 2.05) is 6.92 Å². The summed E-state index contributed by atoms with van der Waals surface area (Å²) >= 11 is 0. The standard InChI is InChI=1S/C15H17N3O2/c1-11-8-12(10-17-9-11)15(20)18(6-7-19)14-5-3-2-4-13(14)16/h2-5,8-10,19H,6-7,16H2,1H3. The number of nitrogen functional groups attached to an aromatic ring is 1. The lowest BCUT2D eigenvalue weighted by molar-refractivity contribution is 0.0980. The van der Waals surface area contributed by atoms with Gasteiger partial charge in [0.05, 0.1) is 23.5 Å². The Morgan fingerprint density at radius 3 is 2.75 bits per heavy atom. The number of hydrogen-bond acceptors (Lipinski definition) is 4. The molecule has 0 spiro atoms. The first-order valence-corrected chi connectivity index (χ1v) is 6.32. The Bertz CT molecular complexity index is 614. The van der Waals surface area contributed by atoms with E-state index in [0.29, 0.717) is 16.9 Å². The SMILES string of the molecule is Cc1cncc(C(=O)N(CCO)c2ccccc2N)c1. The van der Waals surface area contributed by atoms with Crippen LogP contribution < -0.4 is 10.6 Å². The fourth-order valence-corrected chi connectivity index (χ4v) is 1.99. The van der Waals surface area contributed by atoms with Crippen molar-refractivity contribution in [3.63, 3.8) is 0 Å². The number of carbonyl (C=O) groups is 1. The molecule has 0 aliphatic carbocycles. The van der Waals surface area contributed by atoms with Gasteiger partial charge in [0, 0.05) is 18.9 Å². The quantitative estimate of drug-likeness (QED) is 0.828. The number of amides is 1. The van der Waals surface area contributed by atoms with Gasteiger partial charge in [-0.15, -0.1) is 0 Å². The van der Waals surface area contributed by atoms with Crippen molar-refractivity contribution in [2.75, 3.05) is 23.8 Å². The first kappa shape index (κ1) is 14.0. The smallest absolute Gasteiger partial charge is 0.259 e. The Hall–Kier alpha value is -2.40. The van der Waals surface area contributed by atoms with Crippen molar-refractivity contribution in [1.82, 2.24) is 4.98 Å². The summed E-state index contributed by atoms with van der Waals surface area (Å²) in [6, 6.07) is 8.85. The number of nitrogens with zero attached hydrogens (tertiary/aromatic N) is 2. The molecule has 104 valence electrons. The molecule has 5 nitrogen and oxygen atoms in total. The highest BCUT2D eigenvalue weighted by atomic mass is 16.3. The highest BCUT2D eigenvalue weighted by Gasteiger charge is 2.19. The Balaban J connectivity index is 2.39. The average Bonchev–Trinajstić information content (AvgIpc) is 2.45. The molecule has 1 aromatic carbocycles. The maximum Gasteiger partial charge on any atom is 0.259 e. The lowest BCUT2D eigenvalue weighted by atomic mass is 10.1. The summed E-state index contributed by atoms with van der Waals surface area (Å²) in [5.74, 6) is -0.229. The molecule has 0 fully saturated rings. The minimum absolute atomic E-state index is 0.140. The van der Waals surface area contributed by atoms with Crippen molar-refractivity contribution in [2.24, 2.45) is 0 Å². The largest absolute Gasteiger partial charge is 0.397 e. The predicted molar refractivity (Wildman–Crippen MR) is 78.6 cm³/mol. The van der Waals surface area contributed by atoms with Crippen LogP contribution in [0.1, 0.15) is 15.9 Å². The second-order valence-electron chi connectivity index (χ2n) is 4.49. The first-order valence-electron chi connectivity index (χ1n) is 6.32. The van der Waals surface area contributed by atoms with Crippen LogP contribution in [-0.2, 0) is 0 Å². The van der Waals surface area contributed by atoms with Crippen molar-refractivity contribution in [1.29, 1.82) is 0 Å². The minimum Gasteiger partial charge on any atom is -0.397 e. The van der Waals surface area contributed by atoms with Gasteiger partial charge in [-0.05, 0) is 30.7 Å². The Kier molecular flexibility index (Phi) is 4.32. The number of hydrogen-bond donors (Lipinski definition) is 2. The number of aliphatic hydroxyl groups excluding tert-OH is 1. The van der Waals surface area contributed by atoms with E-state index in [1.165, 1.54) is 11.1 Å². The molecule has 1 amide bonds. The summed E-state index contributed by atoms with van der Waals surface area (Å²) in [6.07, 6.45) is 3.20. The molecule has 0 aliphatic heterocycles. The fourth-order valence-electron chi connectivity index (χ4n) is 1.99. The summed E-state index contributed by atoms with van der Waals surface area (Å²) in [5.41, 5.74) is 8.37. The predicted octanol–water partition coefficient (Wildman–Crippen LogP) is 1.61. The van der Waals surface area contributed by atoms with Gasteiger partial charge in [-0.25, -0.2) is 0 Å². The van der Waals surface area contributed by atoms with Gasteiger partial charge in [0.1, 0.15) is 0 Å². The molecule has 2 aromatic rings. The Morgan fingerprint density at radius 1 is 1.35 bits per heavy atom. The summed E-state index contributed by atoms with van der Waals surface area (Å²) in [4.78, 5) is 18.0. The highest BCUT2D eigenvalue weighted by molar-refractivity contribution is 6.07. The molecular weight excluding hydrogens is 254 g/mol. The van der Waals surface area contributed by atoms with Gasteiger partial charge in [-0.1, -0.05) is 12.1 Å². The van der Waals surface area contributed by atoms with Gasteiger partial charge in [0.15, 0.2) is 0 Å². The molecule has 1 heterocycles. The minimum atomic E-state index is -0.229. The van der Waals surface area contributed by atoms with Crippen LogP contribution in [0.25, 0.3) is 0 Å². The maximum atomic E-state index is 12.6. The van der Waals surface area contributed by atoms with E-state index < -0.39 is 0 Å². The van der Waals surface area contributed by atoms with E-state index in [4.69, 9.17) is 5.73 Å². The number of aliphatic hydroxyl groups is 1. The molecule has 2 rings (SSSR count). The number of benzene rings is 1. The van der Waals surface area contributed by atoms with E-state index in [1.54, 1.807) is 36.5 Å². The van der Waals surface area contributed by atoms with Gasteiger partial charge in [0.2, 0.25) is 0 Å². The van der Waals surface area contributed by atoms with E-state index in [-0.39, 0.29) is 19.1 Å². The number of aryl methyl sites for hydroxylation is 1. The summed E-state index contributed by atoms with van der Waals surface area (Å²) in [6.45, 7) is 1.91. The number of nitrogens with two attached hydrogens (primary N) is 1. The van der Waals surface area contributed by atoms with Gasteiger partial charge in [-0.2, -0.15) is 0 Å². The molecule has 3 N–H and O–H groups in total. The fraction of sp³-hybridized carbons (Fsp3) is 0.200. The second-order valence-corrected chi connectivity index (χ2v) is 4.49. The topological polar surface area (TPSA) is 79.5 Å². The van der Waals surface area contributed by atoms with E-state index in [2.05, 4.69) is 4.98 Å². The number of pyridine rings is 1. The third-order valence-electron chi connectivity index (χ3n) is 2.92. The van der Waals surface area contributed by atoms with Crippen LogP contribution in [0.5, 0.6) is 0 Å². The molecule has 1 aromatic heterocycles. The molecule has 0 atom stereocenters. The number of rotatable bonds is 4. The van der Waals surface area contributed by atoms with Gasteiger partial charge in [-0.3, -0.25) is 9.78 Å². The summed E-state index contributed by atoms with van der Waals surface area (Å²) < 4.78 is 0. The van der Waals surface area contributed by atoms with E-state index in [0.717, 1.165) is 5.56 Å². The summed E-state index contributed by atoms with van der Waals surface area (Å²) in [5, 5.41) is 9.19. The van der Waals surface area contributed by atoms with Crippen molar-refractivity contribution in [3.05, 3.63) is 53.9 Å². The van der Waals surface area contributed by atoms with Gasteiger partial charge in [0.25, 0.3) is 5.91 Å². The lowest BCUT2D eigenvalue weighted by Crippen LogP contribution is -2.34. The molecule has 0 unspecified atom stereocenters. The summed E-state index contributed by atoms with van der Waals surface area (Å²) in [7, 11) is 0. The molecule has 20 heavy (non-hydrogen) atoms. The number of anilines is 2. The zero-order valence-electron chi connectivity index (χ0n) is 11.3. The van der Waals surface area contributed by atoms with Crippen LogP contribution >= 0.6 is 0 Å². The number of para-hydroxylation sites is 2. The molecule has 0 radical (unpaired) electrons. The lowest BCUT2D eigenvalue weighted by Gasteiger charge is -2.23. The third kappa shape index (κ3) is 2.95. The molecule has 0 saturated heterocycles. The van der Waals surface area contributed by atoms with Crippen molar-refractivity contribution >= 4 is 17.3 Å². The number of aromatic nitrogens is 1. The molecular formula is C15H17N3O2. The zero-order chi connectivity index (χ0) is 14.5. The van der Waals surface area contributed by atoms with Crippen LogP contribution in [0, 0.1) is 6.92 Å². The van der Waals surface area contributed by atoms with Crippen LogP contribution in [0.15, 0.2) is 42.7 Å². The van der Waals surface area contributed by atoms with Gasteiger partial charge < -0.3 is 15.7 Å². The Morgan fingerprint density at radius 2 is 2.10 bits per heavy atom. The molecule has 5 heteroatoms. The van der Waals surface area contributed by atoms with Crippen LogP contribution in [0.2, 0.25) is 0 Å².